The number of rotatable bonds is 6. The van der Waals surface area contributed by atoms with Crippen LogP contribution in [0.5, 0.6) is 11.5 Å². The first-order valence-electron chi connectivity index (χ1n) is 7.94. The van der Waals surface area contributed by atoms with E-state index in [2.05, 4.69) is 22.2 Å². The van der Waals surface area contributed by atoms with Crippen LogP contribution in [0.15, 0.2) is 41.3 Å². The summed E-state index contributed by atoms with van der Waals surface area (Å²) < 4.78 is 20.0. The van der Waals surface area contributed by atoms with Crippen LogP contribution in [0, 0.1) is 5.82 Å². The minimum Gasteiger partial charge on any atom is -0.448 e. The SMILES string of the molecule is CCCCNc1ncc2cc(Oc3ccccc3F)c(=O)n(N)c2n1. The minimum absolute atomic E-state index is 0.0577. The van der Waals surface area contributed by atoms with Crippen molar-refractivity contribution in [3.05, 3.63) is 52.7 Å². The van der Waals surface area contributed by atoms with Gasteiger partial charge in [-0.1, -0.05) is 25.5 Å². The number of anilines is 1. The van der Waals surface area contributed by atoms with E-state index in [1.165, 1.54) is 30.5 Å². The second kappa shape index (κ2) is 7.16. The van der Waals surface area contributed by atoms with Crippen LogP contribution in [0.2, 0.25) is 0 Å². The van der Waals surface area contributed by atoms with E-state index in [0.717, 1.165) is 24.1 Å². The van der Waals surface area contributed by atoms with Gasteiger partial charge in [0, 0.05) is 18.1 Å². The zero-order valence-electron chi connectivity index (χ0n) is 13.7. The van der Waals surface area contributed by atoms with E-state index >= 15 is 0 Å². The summed E-state index contributed by atoms with van der Waals surface area (Å²) in [5.41, 5.74) is -0.353. The number of para-hydroxylation sites is 1. The van der Waals surface area contributed by atoms with Crippen molar-refractivity contribution in [1.29, 1.82) is 0 Å². The molecule has 0 fully saturated rings. The van der Waals surface area contributed by atoms with Crippen molar-refractivity contribution in [3.8, 4) is 11.5 Å². The monoisotopic (exact) mass is 343 g/mol. The lowest BCUT2D eigenvalue weighted by molar-refractivity contribution is 0.435. The molecule has 0 amide bonds. The summed E-state index contributed by atoms with van der Waals surface area (Å²) in [4.78, 5) is 20.8. The van der Waals surface area contributed by atoms with Gasteiger partial charge in [0.2, 0.25) is 5.95 Å². The smallest absolute Gasteiger partial charge is 0.313 e. The van der Waals surface area contributed by atoms with Gasteiger partial charge >= 0.3 is 5.56 Å². The molecule has 0 atom stereocenters. The van der Waals surface area contributed by atoms with Crippen LogP contribution in [-0.4, -0.2) is 21.2 Å². The standard InChI is InChI=1S/C17H18FN5O2/c1-2-3-8-20-17-21-10-11-9-14(16(24)23(19)15(11)22-17)25-13-7-5-4-6-12(13)18/h4-7,9-10H,2-3,8,19H2,1H3,(H,20,21,22). The third kappa shape index (κ3) is 3.52. The maximum atomic E-state index is 13.7. The first-order valence-corrected chi connectivity index (χ1v) is 7.94. The van der Waals surface area contributed by atoms with E-state index in [-0.39, 0.29) is 17.1 Å². The van der Waals surface area contributed by atoms with E-state index in [1.54, 1.807) is 6.07 Å². The zero-order chi connectivity index (χ0) is 17.8. The lowest BCUT2D eigenvalue weighted by Gasteiger charge is -2.10. The Morgan fingerprint density at radius 2 is 2.12 bits per heavy atom. The minimum atomic E-state index is -0.617. The molecule has 3 aromatic rings. The second-order valence-electron chi connectivity index (χ2n) is 5.47. The van der Waals surface area contributed by atoms with Gasteiger partial charge in [0.25, 0.3) is 0 Å². The van der Waals surface area contributed by atoms with E-state index in [4.69, 9.17) is 10.6 Å². The molecule has 0 saturated carbocycles. The Balaban J connectivity index is 1.97. The molecule has 25 heavy (non-hydrogen) atoms. The van der Waals surface area contributed by atoms with Crippen LogP contribution in [0.4, 0.5) is 10.3 Å². The number of hydrogen-bond donors (Lipinski definition) is 2. The van der Waals surface area contributed by atoms with Crippen molar-refractivity contribution in [2.45, 2.75) is 19.8 Å². The summed E-state index contributed by atoms with van der Waals surface area (Å²) in [5, 5.41) is 3.58. The molecule has 0 bridgehead atoms. The molecule has 0 saturated heterocycles. The van der Waals surface area contributed by atoms with E-state index in [0.29, 0.717) is 11.3 Å². The number of nitrogens with zero attached hydrogens (tertiary/aromatic N) is 3. The molecule has 0 aliphatic rings. The Bertz CT molecular complexity index is 957. The topological polar surface area (TPSA) is 95.1 Å². The number of unbranched alkanes of at least 4 members (excludes halogenated alkanes) is 1. The molecule has 0 aliphatic heterocycles. The fourth-order valence-electron chi connectivity index (χ4n) is 2.28. The Hall–Kier alpha value is -3.16. The highest BCUT2D eigenvalue weighted by Gasteiger charge is 2.13. The largest absolute Gasteiger partial charge is 0.448 e. The van der Waals surface area contributed by atoms with Crippen LogP contribution >= 0.6 is 0 Å². The quantitative estimate of drug-likeness (QED) is 0.528. The van der Waals surface area contributed by atoms with Crippen LogP contribution < -0.4 is 21.5 Å². The number of nitrogens with two attached hydrogens (primary N) is 1. The van der Waals surface area contributed by atoms with E-state index in [1.807, 2.05) is 0 Å². The lowest BCUT2D eigenvalue weighted by Crippen LogP contribution is -2.29. The highest BCUT2D eigenvalue weighted by Crippen LogP contribution is 2.23. The number of aromatic nitrogens is 3. The number of fused-ring (bicyclic) bond motifs is 1. The zero-order valence-corrected chi connectivity index (χ0v) is 13.7. The normalized spacial score (nSPS) is 10.8. The van der Waals surface area contributed by atoms with Crippen LogP contribution in [0.1, 0.15) is 19.8 Å². The maximum absolute atomic E-state index is 13.7. The van der Waals surface area contributed by atoms with Gasteiger partial charge in [-0.05, 0) is 24.6 Å². The molecule has 0 aliphatic carbocycles. The van der Waals surface area contributed by atoms with Gasteiger partial charge in [-0.15, -0.1) is 0 Å². The molecule has 0 radical (unpaired) electrons. The van der Waals surface area contributed by atoms with Crippen molar-refractivity contribution in [2.24, 2.45) is 0 Å². The highest BCUT2D eigenvalue weighted by atomic mass is 19.1. The average Bonchev–Trinajstić information content (AvgIpc) is 2.62. The van der Waals surface area contributed by atoms with Crippen LogP contribution in [0.3, 0.4) is 0 Å². The lowest BCUT2D eigenvalue weighted by atomic mass is 10.3. The van der Waals surface area contributed by atoms with Gasteiger partial charge in [-0.25, -0.2) is 14.1 Å². The summed E-state index contributed by atoms with van der Waals surface area (Å²) in [6.45, 7) is 2.81. The maximum Gasteiger partial charge on any atom is 0.313 e. The fraction of sp³-hybridized carbons (Fsp3) is 0.235. The molecule has 0 unspecified atom stereocenters. The molecular formula is C17H18FN5O2. The predicted molar refractivity (Wildman–Crippen MR) is 93.8 cm³/mol. The first kappa shape index (κ1) is 16.7. The van der Waals surface area contributed by atoms with E-state index < -0.39 is 11.4 Å². The number of hydrogen-bond acceptors (Lipinski definition) is 6. The molecule has 3 rings (SSSR count). The van der Waals surface area contributed by atoms with Gasteiger partial charge in [-0.3, -0.25) is 4.79 Å². The second-order valence-corrected chi connectivity index (χ2v) is 5.47. The molecule has 130 valence electrons. The fourth-order valence-corrected chi connectivity index (χ4v) is 2.28. The molecule has 2 aromatic heterocycles. The molecule has 3 N–H and O–H groups in total. The van der Waals surface area contributed by atoms with Crippen molar-refractivity contribution in [2.75, 3.05) is 17.7 Å². The third-order valence-corrected chi connectivity index (χ3v) is 3.61. The summed E-state index contributed by atoms with van der Waals surface area (Å²) in [7, 11) is 0. The summed E-state index contributed by atoms with van der Waals surface area (Å²) >= 11 is 0. The molecule has 2 heterocycles. The number of ether oxygens (including phenoxy) is 1. The molecule has 7 nitrogen and oxygen atoms in total. The first-order chi connectivity index (χ1) is 12.1. The van der Waals surface area contributed by atoms with Crippen molar-refractivity contribution < 1.29 is 9.13 Å². The number of benzene rings is 1. The molecule has 1 aromatic carbocycles. The average molecular weight is 343 g/mol. The van der Waals surface area contributed by atoms with Gasteiger partial charge in [0.1, 0.15) is 0 Å². The molecular weight excluding hydrogens is 325 g/mol. The summed E-state index contributed by atoms with van der Waals surface area (Å²) in [5.74, 6) is 5.51. The van der Waals surface area contributed by atoms with Crippen molar-refractivity contribution in [1.82, 2.24) is 14.6 Å². The van der Waals surface area contributed by atoms with E-state index in [9.17, 15) is 9.18 Å². The highest BCUT2D eigenvalue weighted by molar-refractivity contribution is 5.77. The Morgan fingerprint density at radius 1 is 1.32 bits per heavy atom. The number of nitrogens with one attached hydrogen (secondary N) is 1. The number of pyridine rings is 1. The van der Waals surface area contributed by atoms with Crippen molar-refractivity contribution >= 4 is 17.0 Å². The van der Waals surface area contributed by atoms with Gasteiger partial charge in [0.15, 0.2) is 23.0 Å². The summed E-state index contributed by atoms with van der Waals surface area (Å²) in [6.07, 6.45) is 3.55. The Morgan fingerprint density at radius 3 is 2.88 bits per heavy atom. The van der Waals surface area contributed by atoms with Crippen LogP contribution in [-0.2, 0) is 0 Å². The van der Waals surface area contributed by atoms with Crippen LogP contribution in [0.25, 0.3) is 11.0 Å². The van der Waals surface area contributed by atoms with Gasteiger partial charge in [0.05, 0.1) is 0 Å². The Kier molecular flexibility index (Phi) is 4.78. The third-order valence-electron chi connectivity index (χ3n) is 3.61. The Labute approximate surface area is 143 Å². The summed E-state index contributed by atoms with van der Waals surface area (Å²) in [6, 6.07) is 7.26. The number of nitrogen functional groups attached to an aromatic ring is 1. The van der Waals surface area contributed by atoms with Gasteiger partial charge in [-0.2, -0.15) is 4.98 Å². The number of halogens is 1. The predicted octanol–water partition coefficient (Wildman–Crippen LogP) is 2.65. The van der Waals surface area contributed by atoms with Crippen molar-refractivity contribution in [3.63, 3.8) is 0 Å². The molecule has 8 heteroatoms. The molecule has 0 spiro atoms. The van der Waals surface area contributed by atoms with Gasteiger partial charge < -0.3 is 15.9 Å².